The average molecular weight is 275 g/mol. The Morgan fingerprint density at radius 2 is 2.26 bits per heavy atom. The van der Waals surface area contributed by atoms with Crippen molar-refractivity contribution in [2.45, 2.75) is 12.5 Å². The highest BCUT2D eigenvalue weighted by molar-refractivity contribution is 7.19. The molecule has 98 valence electrons. The maximum absolute atomic E-state index is 13.2. The van der Waals surface area contributed by atoms with Gasteiger partial charge in [-0.3, -0.25) is 0 Å². The van der Waals surface area contributed by atoms with Crippen molar-refractivity contribution in [2.75, 3.05) is 0 Å². The molecule has 0 saturated carbocycles. The van der Waals surface area contributed by atoms with Crippen LogP contribution in [0.1, 0.15) is 16.7 Å². The number of nitrogens with zero attached hydrogens (tertiary/aromatic N) is 2. The molecule has 2 N–H and O–H groups in total. The van der Waals surface area contributed by atoms with Crippen molar-refractivity contribution in [1.82, 2.24) is 9.55 Å². The molecular formula is C14H14FN3S. The molecule has 3 aromatic rings. The van der Waals surface area contributed by atoms with Crippen LogP contribution in [0.5, 0.6) is 0 Å². The lowest BCUT2D eigenvalue weighted by molar-refractivity contribution is 0.630. The van der Waals surface area contributed by atoms with Crippen molar-refractivity contribution >= 4 is 21.4 Å². The minimum absolute atomic E-state index is 0.110. The second-order valence-electron chi connectivity index (χ2n) is 4.60. The topological polar surface area (TPSA) is 43.8 Å². The van der Waals surface area contributed by atoms with E-state index in [9.17, 15) is 4.39 Å². The Balaban J connectivity index is 1.89. The monoisotopic (exact) mass is 275 g/mol. The minimum atomic E-state index is -0.213. The second-order valence-corrected chi connectivity index (χ2v) is 5.71. The molecule has 0 fully saturated rings. The van der Waals surface area contributed by atoms with Crippen molar-refractivity contribution in [1.29, 1.82) is 0 Å². The molecule has 0 aliphatic heterocycles. The number of benzene rings is 1. The van der Waals surface area contributed by atoms with E-state index in [-0.39, 0.29) is 11.9 Å². The van der Waals surface area contributed by atoms with Gasteiger partial charge in [-0.1, -0.05) is 0 Å². The van der Waals surface area contributed by atoms with E-state index in [0.717, 1.165) is 20.8 Å². The number of halogens is 1. The molecule has 0 bridgehead atoms. The molecule has 19 heavy (non-hydrogen) atoms. The molecule has 0 radical (unpaired) electrons. The summed E-state index contributed by atoms with van der Waals surface area (Å²) in [6, 6.07) is 6.68. The maximum atomic E-state index is 13.2. The van der Waals surface area contributed by atoms with Gasteiger partial charge in [-0.25, -0.2) is 9.37 Å². The maximum Gasteiger partial charge on any atom is 0.123 e. The van der Waals surface area contributed by atoms with Crippen LogP contribution in [0.2, 0.25) is 0 Å². The van der Waals surface area contributed by atoms with Gasteiger partial charge in [0.1, 0.15) is 11.6 Å². The third kappa shape index (κ3) is 2.39. The van der Waals surface area contributed by atoms with Crippen LogP contribution in [0.3, 0.4) is 0 Å². The highest BCUT2D eigenvalue weighted by Crippen LogP contribution is 2.30. The van der Waals surface area contributed by atoms with Gasteiger partial charge in [0.2, 0.25) is 0 Å². The zero-order chi connectivity index (χ0) is 13.4. The summed E-state index contributed by atoms with van der Waals surface area (Å²) < 4.78 is 16.2. The molecule has 0 aliphatic rings. The minimum Gasteiger partial charge on any atom is -0.338 e. The number of hydrogen-bond donors (Lipinski definition) is 1. The van der Waals surface area contributed by atoms with Crippen LogP contribution in [0.4, 0.5) is 4.39 Å². The number of aromatic nitrogens is 2. The van der Waals surface area contributed by atoms with E-state index < -0.39 is 0 Å². The molecule has 0 saturated heterocycles. The molecule has 0 aliphatic carbocycles. The van der Waals surface area contributed by atoms with Crippen LogP contribution >= 0.6 is 11.3 Å². The number of nitrogens with two attached hydrogens (primary N) is 1. The van der Waals surface area contributed by atoms with E-state index in [2.05, 4.69) is 4.98 Å². The predicted octanol–water partition coefficient (Wildman–Crippen LogP) is 3.02. The van der Waals surface area contributed by atoms with Gasteiger partial charge in [0, 0.05) is 41.5 Å². The van der Waals surface area contributed by atoms with Gasteiger partial charge >= 0.3 is 0 Å². The number of aryl methyl sites for hydroxylation is 1. The Bertz CT molecular complexity index is 716. The molecule has 2 aromatic heterocycles. The highest BCUT2D eigenvalue weighted by Gasteiger charge is 2.13. The highest BCUT2D eigenvalue weighted by atomic mass is 32.1. The van der Waals surface area contributed by atoms with Crippen LogP contribution in [0, 0.1) is 5.82 Å². The summed E-state index contributed by atoms with van der Waals surface area (Å²) in [4.78, 5) is 5.34. The molecule has 0 spiro atoms. The Labute approximate surface area is 114 Å². The predicted molar refractivity (Wildman–Crippen MR) is 75.6 cm³/mol. The van der Waals surface area contributed by atoms with Crippen LogP contribution in [0.25, 0.3) is 10.1 Å². The van der Waals surface area contributed by atoms with E-state index in [1.165, 1.54) is 6.07 Å². The summed E-state index contributed by atoms with van der Waals surface area (Å²) in [7, 11) is 1.95. The molecular weight excluding hydrogens is 261 g/mol. The van der Waals surface area contributed by atoms with Crippen molar-refractivity contribution < 1.29 is 4.39 Å². The van der Waals surface area contributed by atoms with E-state index in [1.807, 2.05) is 23.9 Å². The number of rotatable bonds is 3. The standard InChI is InChI=1S/C14H14FN3S/c1-18-5-4-17-14(18)8-11(16)13-7-9-6-10(15)2-3-12(9)19-13/h2-7,11H,8,16H2,1H3. The smallest absolute Gasteiger partial charge is 0.123 e. The van der Waals surface area contributed by atoms with Gasteiger partial charge in [-0.15, -0.1) is 11.3 Å². The first kappa shape index (κ1) is 12.3. The first-order valence-corrected chi connectivity index (χ1v) is 6.86. The second kappa shape index (κ2) is 4.75. The van der Waals surface area contributed by atoms with Gasteiger partial charge in [-0.2, -0.15) is 0 Å². The fourth-order valence-electron chi connectivity index (χ4n) is 2.11. The Kier molecular flexibility index (Phi) is 3.08. The van der Waals surface area contributed by atoms with Gasteiger partial charge < -0.3 is 10.3 Å². The lowest BCUT2D eigenvalue weighted by Gasteiger charge is -2.08. The molecule has 1 atom stereocenters. The molecule has 0 amide bonds. The van der Waals surface area contributed by atoms with E-state index in [4.69, 9.17) is 5.73 Å². The zero-order valence-electron chi connectivity index (χ0n) is 10.5. The fourth-order valence-corrected chi connectivity index (χ4v) is 3.15. The van der Waals surface area contributed by atoms with E-state index >= 15 is 0 Å². The average Bonchev–Trinajstić information content (AvgIpc) is 2.96. The summed E-state index contributed by atoms with van der Waals surface area (Å²) in [5.74, 6) is 0.741. The molecule has 2 heterocycles. The summed E-state index contributed by atoms with van der Waals surface area (Å²) in [5, 5.41) is 0.912. The first-order chi connectivity index (χ1) is 9.13. The van der Waals surface area contributed by atoms with Crippen LogP contribution in [-0.4, -0.2) is 9.55 Å². The molecule has 3 nitrogen and oxygen atoms in total. The fraction of sp³-hybridized carbons (Fsp3) is 0.214. The quantitative estimate of drug-likeness (QED) is 0.798. The van der Waals surface area contributed by atoms with E-state index in [1.54, 1.807) is 29.7 Å². The van der Waals surface area contributed by atoms with Crippen LogP contribution < -0.4 is 5.73 Å². The largest absolute Gasteiger partial charge is 0.338 e. The molecule has 5 heteroatoms. The van der Waals surface area contributed by atoms with Gasteiger partial charge in [0.25, 0.3) is 0 Å². The normalized spacial score (nSPS) is 13.0. The molecule has 1 unspecified atom stereocenters. The number of imidazole rings is 1. The summed E-state index contributed by atoms with van der Waals surface area (Å²) in [6.45, 7) is 0. The summed E-state index contributed by atoms with van der Waals surface area (Å²) >= 11 is 1.61. The molecule has 1 aromatic carbocycles. The SMILES string of the molecule is Cn1ccnc1CC(N)c1cc2cc(F)ccc2s1. The zero-order valence-corrected chi connectivity index (χ0v) is 11.3. The lowest BCUT2D eigenvalue weighted by Crippen LogP contribution is -2.14. The lowest BCUT2D eigenvalue weighted by atomic mass is 10.1. The van der Waals surface area contributed by atoms with Gasteiger partial charge in [0.15, 0.2) is 0 Å². The third-order valence-electron chi connectivity index (χ3n) is 3.19. The van der Waals surface area contributed by atoms with Crippen molar-refractivity contribution in [3.8, 4) is 0 Å². The Morgan fingerprint density at radius 1 is 1.42 bits per heavy atom. The third-order valence-corrected chi connectivity index (χ3v) is 4.43. The van der Waals surface area contributed by atoms with Crippen molar-refractivity contribution in [3.63, 3.8) is 0 Å². The van der Waals surface area contributed by atoms with E-state index in [0.29, 0.717) is 6.42 Å². The Hall–Kier alpha value is -1.72. The molecule has 3 rings (SSSR count). The number of fused-ring (bicyclic) bond motifs is 1. The Morgan fingerprint density at radius 3 is 3.00 bits per heavy atom. The summed E-state index contributed by atoms with van der Waals surface area (Å²) in [5.41, 5.74) is 6.22. The summed E-state index contributed by atoms with van der Waals surface area (Å²) in [6.07, 6.45) is 4.35. The van der Waals surface area contributed by atoms with Crippen LogP contribution in [0.15, 0.2) is 36.7 Å². The number of hydrogen-bond acceptors (Lipinski definition) is 3. The number of thiophene rings is 1. The van der Waals surface area contributed by atoms with Crippen molar-refractivity contribution in [3.05, 3.63) is 53.2 Å². The first-order valence-electron chi connectivity index (χ1n) is 6.04. The van der Waals surface area contributed by atoms with Gasteiger partial charge in [-0.05, 0) is 29.7 Å². The van der Waals surface area contributed by atoms with Gasteiger partial charge in [0.05, 0.1) is 0 Å². The van der Waals surface area contributed by atoms with Crippen molar-refractivity contribution in [2.24, 2.45) is 12.8 Å². The van der Waals surface area contributed by atoms with Crippen LogP contribution in [-0.2, 0) is 13.5 Å².